The van der Waals surface area contributed by atoms with E-state index in [1.165, 1.54) is 6.33 Å². The molecule has 2 rings (SSSR count). The van der Waals surface area contributed by atoms with Crippen LogP contribution < -0.4 is 5.73 Å². The van der Waals surface area contributed by atoms with E-state index in [0.717, 1.165) is 18.8 Å². The van der Waals surface area contributed by atoms with Gasteiger partial charge in [-0.1, -0.05) is 0 Å². The first kappa shape index (κ1) is 19.5. The number of nitrogens with zero attached hydrogens (tertiary/aromatic N) is 2. The average Bonchev–Trinajstić information content (AvgIpc) is 2.99. The molecule has 1 atom stereocenters. The van der Waals surface area contributed by atoms with Crippen molar-refractivity contribution in [1.82, 2.24) is 14.9 Å². The number of hydrogen-bond acceptors (Lipinski definition) is 7. The number of H-pyrrole nitrogens is 1. The summed E-state index contributed by atoms with van der Waals surface area (Å²) in [7, 11) is -3.81. The van der Waals surface area contributed by atoms with Gasteiger partial charge in [-0.05, 0) is 0 Å². The molecular formula is C12H22N4O6S. The number of rotatable bonds is 6. The van der Waals surface area contributed by atoms with Crippen molar-refractivity contribution in [2.75, 3.05) is 38.6 Å². The van der Waals surface area contributed by atoms with Gasteiger partial charge >= 0.3 is 5.97 Å². The van der Waals surface area contributed by atoms with Crippen molar-refractivity contribution < 1.29 is 27.6 Å². The van der Waals surface area contributed by atoms with Crippen LogP contribution in [0.25, 0.3) is 0 Å². The second-order valence-electron chi connectivity index (χ2n) is 4.97. The minimum atomic E-state index is -3.81. The normalized spacial score (nSPS) is 17.1. The number of carbonyl (C=O) groups is 1. The summed E-state index contributed by atoms with van der Waals surface area (Å²) in [6.45, 7) is 3.17. The molecule has 10 nitrogen and oxygen atoms in total. The first-order valence-electron chi connectivity index (χ1n) is 6.99. The van der Waals surface area contributed by atoms with Gasteiger partial charge in [-0.15, -0.1) is 0 Å². The van der Waals surface area contributed by atoms with Gasteiger partial charge in [0.05, 0.1) is 25.3 Å². The summed E-state index contributed by atoms with van der Waals surface area (Å²) in [6.07, 6.45) is 3.34. The number of ether oxygens (including phenoxy) is 1. The molecular weight excluding hydrogens is 328 g/mol. The highest BCUT2D eigenvalue weighted by Gasteiger charge is 2.13. The monoisotopic (exact) mass is 350 g/mol. The number of morpholine rings is 1. The molecule has 1 aliphatic heterocycles. The fraction of sp³-hybridized carbons (Fsp3) is 0.667. The van der Waals surface area contributed by atoms with E-state index >= 15 is 0 Å². The maximum absolute atomic E-state index is 10.4. The molecule has 0 amide bonds. The first-order valence-corrected chi connectivity index (χ1v) is 8.60. The van der Waals surface area contributed by atoms with Crippen LogP contribution in [-0.2, 0) is 26.1 Å². The Morgan fingerprint density at radius 2 is 2.13 bits per heavy atom. The molecule has 1 fully saturated rings. The van der Waals surface area contributed by atoms with Crippen LogP contribution in [0.1, 0.15) is 5.69 Å². The molecule has 1 aliphatic rings. The number of aliphatic carboxylic acids is 1. The predicted molar refractivity (Wildman–Crippen MR) is 81.6 cm³/mol. The van der Waals surface area contributed by atoms with Gasteiger partial charge in [0.1, 0.15) is 6.04 Å². The summed E-state index contributed by atoms with van der Waals surface area (Å²) >= 11 is 0. The van der Waals surface area contributed by atoms with Crippen LogP contribution in [0.5, 0.6) is 0 Å². The van der Waals surface area contributed by atoms with Crippen LogP contribution in [0.3, 0.4) is 0 Å². The fourth-order valence-electron chi connectivity index (χ4n) is 1.79. The topological polar surface area (TPSA) is 159 Å². The summed E-state index contributed by atoms with van der Waals surface area (Å²) < 4.78 is 34.3. The summed E-state index contributed by atoms with van der Waals surface area (Å²) in [5.74, 6) is -1.19. The maximum atomic E-state index is 10.4. The molecule has 1 saturated heterocycles. The second-order valence-corrected chi connectivity index (χ2v) is 6.54. The Morgan fingerprint density at radius 3 is 2.61 bits per heavy atom. The molecule has 0 unspecified atom stereocenters. The molecule has 2 heterocycles. The first-order chi connectivity index (χ1) is 10.8. The number of aromatic amines is 1. The molecule has 0 spiro atoms. The summed E-state index contributed by atoms with van der Waals surface area (Å²) in [5.41, 5.74) is 6.00. The van der Waals surface area contributed by atoms with E-state index < -0.39 is 22.1 Å². The van der Waals surface area contributed by atoms with E-state index in [4.69, 9.17) is 20.1 Å². The lowest BCUT2D eigenvalue weighted by Gasteiger charge is -2.25. The molecule has 132 valence electrons. The van der Waals surface area contributed by atoms with E-state index in [1.54, 1.807) is 6.20 Å². The Hall–Kier alpha value is -1.53. The number of imidazole rings is 1. The number of carboxylic acid groups (broad SMARTS) is 1. The summed E-state index contributed by atoms with van der Waals surface area (Å²) in [4.78, 5) is 18.7. The minimum Gasteiger partial charge on any atom is -0.480 e. The van der Waals surface area contributed by atoms with Crippen molar-refractivity contribution in [3.05, 3.63) is 18.2 Å². The molecule has 23 heavy (non-hydrogen) atoms. The van der Waals surface area contributed by atoms with Crippen LogP contribution in [0.2, 0.25) is 0 Å². The third kappa shape index (κ3) is 9.25. The Labute approximate surface area is 134 Å². The van der Waals surface area contributed by atoms with Crippen molar-refractivity contribution in [2.24, 2.45) is 5.73 Å². The van der Waals surface area contributed by atoms with Crippen molar-refractivity contribution in [3.8, 4) is 0 Å². The highest BCUT2D eigenvalue weighted by molar-refractivity contribution is 7.85. The lowest BCUT2D eigenvalue weighted by molar-refractivity contribution is -0.138. The fourth-order valence-corrected chi connectivity index (χ4v) is 2.28. The van der Waals surface area contributed by atoms with Gasteiger partial charge in [0, 0.05) is 37.9 Å². The molecule has 11 heteroatoms. The zero-order chi connectivity index (χ0) is 17.3. The average molecular weight is 350 g/mol. The number of hydrogen-bond donors (Lipinski definition) is 4. The van der Waals surface area contributed by atoms with Crippen molar-refractivity contribution in [3.63, 3.8) is 0 Å². The lowest BCUT2D eigenvalue weighted by Crippen LogP contribution is -2.38. The van der Waals surface area contributed by atoms with Gasteiger partial charge in [0.25, 0.3) is 10.1 Å². The predicted octanol–water partition coefficient (Wildman–Crippen LogP) is -1.43. The summed E-state index contributed by atoms with van der Waals surface area (Å²) in [5, 5.41) is 8.42. The third-order valence-electron chi connectivity index (χ3n) is 3.08. The van der Waals surface area contributed by atoms with Gasteiger partial charge in [0.2, 0.25) is 0 Å². The highest BCUT2D eigenvalue weighted by Crippen LogP contribution is 1.97. The smallest absolute Gasteiger partial charge is 0.320 e. The second kappa shape index (κ2) is 9.57. The Kier molecular flexibility index (Phi) is 8.12. The Balaban J connectivity index is 0.000000231. The summed E-state index contributed by atoms with van der Waals surface area (Å²) in [6, 6.07) is -0.851. The SMILES string of the molecule is N[C@@H](Cc1cnc[nH]1)C(=O)O.O=S(=O)(O)CCN1CCOCC1. The molecule has 0 aliphatic carbocycles. The Morgan fingerprint density at radius 1 is 1.48 bits per heavy atom. The van der Waals surface area contributed by atoms with Crippen LogP contribution in [0, 0.1) is 0 Å². The van der Waals surface area contributed by atoms with E-state index in [1.807, 2.05) is 4.90 Å². The van der Waals surface area contributed by atoms with Gasteiger partial charge in [-0.25, -0.2) is 4.98 Å². The maximum Gasteiger partial charge on any atom is 0.320 e. The largest absolute Gasteiger partial charge is 0.480 e. The van der Waals surface area contributed by atoms with Gasteiger partial charge in [-0.2, -0.15) is 8.42 Å². The van der Waals surface area contributed by atoms with E-state index in [-0.39, 0.29) is 12.2 Å². The van der Waals surface area contributed by atoms with Crippen molar-refractivity contribution in [1.29, 1.82) is 0 Å². The molecule has 1 aromatic rings. The molecule has 0 radical (unpaired) electrons. The molecule has 0 bridgehead atoms. The lowest BCUT2D eigenvalue weighted by atomic mass is 10.2. The minimum absolute atomic E-state index is 0.188. The van der Waals surface area contributed by atoms with Crippen LogP contribution in [0.4, 0.5) is 0 Å². The van der Waals surface area contributed by atoms with E-state index in [2.05, 4.69) is 9.97 Å². The van der Waals surface area contributed by atoms with Crippen molar-refractivity contribution in [2.45, 2.75) is 12.5 Å². The van der Waals surface area contributed by atoms with Crippen molar-refractivity contribution >= 4 is 16.1 Å². The van der Waals surface area contributed by atoms with Gasteiger partial charge in [0.15, 0.2) is 0 Å². The highest BCUT2D eigenvalue weighted by atomic mass is 32.2. The van der Waals surface area contributed by atoms with Gasteiger partial charge in [-0.3, -0.25) is 14.2 Å². The zero-order valence-electron chi connectivity index (χ0n) is 12.6. The number of carboxylic acids is 1. The molecule has 0 saturated carbocycles. The van der Waals surface area contributed by atoms with E-state index in [9.17, 15) is 13.2 Å². The van der Waals surface area contributed by atoms with Crippen LogP contribution in [-0.4, -0.2) is 83.6 Å². The molecule has 5 N–H and O–H groups in total. The van der Waals surface area contributed by atoms with Crippen LogP contribution in [0.15, 0.2) is 12.5 Å². The third-order valence-corrected chi connectivity index (χ3v) is 3.78. The molecule has 1 aromatic heterocycles. The van der Waals surface area contributed by atoms with Gasteiger partial charge < -0.3 is 20.6 Å². The van der Waals surface area contributed by atoms with E-state index in [0.29, 0.717) is 19.8 Å². The quantitative estimate of drug-likeness (QED) is 0.451. The Bertz CT molecular complexity index is 556. The standard InChI is InChI=1S/C6H9N3O2.C6H13NO4S/c7-5(6(10)11)1-4-2-8-3-9-4;8-12(9,10)6-3-7-1-4-11-5-2-7/h2-3,5H,1,7H2,(H,8,9)(H,10,11);1-6H2,(H,8,9,10)/t5-;/m0./s1. The number of nitrogens with one attached hydrogen (secondary N) is 1. The van der Waals surface area contributed by atoms with Crippen LogP contribution >= 0.6 is 0 Å². The number of nitrogens with two attached hydrogens (primary N) is 1. The zero-order valence-corrected chi connectivity index (χ0v) is 13.4. The molecule has 0 aromatic carbocycles. The number of aromatic nitrogens is 2.